The zero-order chi connectivity index (χ0) is 23.4. The molecule has 174 valence electrons. The smallest absolute Gasteiger partial charge is 0.255 e. The monoisotopic (exact) mass is 481 g/mol. The van der Waals surface area contributed by atoms with Crippen LogP contribution in [0.25, 0.3) is 10.2 Å². The first-order valence-corrected chi connectivity index (χ1v) is 13.3. The van der Waals surface area contributed by atoms with Gasteiger partial charge in [0.25, 0.3) is 5.91 Å². The van der Waals surface area contributed by atoms with E-state index in [-0.39, 0.29) is 17.2 Å². The standard InChI is InChI=1S/C26H31N3O2S2/c1-26(2,3)18-11-9-17(10-12-18)24(31)28-20-13-14-21-22(15-20)33-25(29-21)32-16-23(30)27-19-7-5-4-6-8-19/h9-15,19H,4-8,16H2,1-3H3,(H,27,30)(H,28,31). The third kappa shape index (κ3) is 6.36. The number of thioether (sulfide) groups is 1. The summed E-state index contributed by atoms with van der Waals surface area (Å²) in [5, 5.41) is 6.13. The van der Waals surface area contributed by atoms with Gasteiger partial charge in [-0.05, 0) is 54.2 Å². The molecule has 1 saturated carbocycles. The highest BCUT2D eigenvalue weighted by Crippen LogP contribution is 2.31. The normalized spacial score (nSPS) is 14.9. The molecule has 1 aromatic heterocycles. The summed E-state index contributed by atoms with van der Waals surface area (Å²) in [5.74, 6) is 0.328. The summed E-state index contributed by atoms with van der Waals surface area (Å²) >= 11 is 3.02. The number of nitrogens with zero attached hydrogens (tertiary/aromatic N) is 1. The third-order valence-corrected chi connectivity index (χ3v) is 8.10. The number of carbonyl (C=O) groups excluding carboxylic acids is 2. The average Bonchev–Trinajstić information content (AvgIpc) is 3.20. The fourth-order valence-corrected chi connectivity index (χ4v) is 5.93. The van der Waals surface area contributed by atoms with Crippen LogP contribution in [0.4, 0.5) is 5.69 Å². The molecule has 0 radical (unpaired) electrons. The van der Waals surface area contributed by atoms with Crippen molar-refractivity contribution in [3.63, 3.8) is 0 Å². The van der Waals surface area contributed by atoms with Crippen LogP contribution >= 0.6 is 23.1 Å². The number of thiazole rings is 1. The van der Waals surface area contributed by atoms with Crippen LogP contribution in [0.1, 0.15) is 68.8 Å². The molecule has 0 saturated heterocycles. The van der Waals surface area contributed by atoms with Crippen LogP contribution in [0, 0.1) is 0 Å². The van der Waals surface area contributed by atoms with E-state index in [0.29, 0.717) is 17.4 Å². The minimum absolute atomic E-state index is 0.0540. The maximum atomic E-state index is 12.7. The fourth-order valence-electron chi connectivity index (χ4n) is 4.01. The molecule has 0 aliphatic heterocycles. The second-order valence-electron chi connectivity index (χ2n) is 9.63. The molecule has 0 spiro atoms. The lowest BCUT2D eigenvalue weighted by atomic mass is 9.87. The number of amides is 2. The highest BCUT2D eigenvalue weighted by Gasteiger charge is 2.17. The Labute approximate surface area is 203 Å². The predicted octanol–water partition coefficient (Wildman–Crippen LogP) is 6.39. The first kappa shape index (κ1) is 23.8. The van der Waals surface area contributed by atoms with E-state index in [1.54, 1.807) is 11.3 Å². The number of anilines is 1. The van der Waals surface area contributed by atoms with Crippen molar-refractivity contribution in [2.24, 2.45) is 0 Å². The minimum atomic E-state index is -0.131. The van der Waals surface area contributed by atoms with Gasteiger partial charge < -0.3 is 10.6 Å². The van der Waals surface area contributed by atoms with E-state index in [1.165, 1.54) is 36.6 Å². The Balaban J connectivity index is 1.35. The number of hydrogen-bond donors (Lipinski definition) is 2. The Morgan fingerprint density at radius 2 is 1.79 bits per heavy atom. The topological polar surface area (TPSA) is 71.1 Å². The summed E-state index contributed by atoms with van der Waals surface area (Å²) in [5.41, 5.74) is 3.50. The van der Waals surface area contributed by atoms with Crippen LogP contribution < -0.4 is 10.6 Å². The van der Waals surface area contributed by atoms with Gasteiger partial charge in [-0.2, -0.15) is 0 Å². The first-order chi connectivity index (χ1) is 15.8. The maximum Gasteiger partial charge on any atom is 0.255 e. The summed E-state index contributed by atoms with van der Waals surface area (Å²) in [6.45, 7) is 6.46. The second kappa shape index (κ2) is 10.3. The largest absolute Gasteiger partial charge is 0.353 e. The Morgan fingerprint density at radius 3 is 2.48 bits per heavy atom. The summed E-state index contributed by atoms with van der Waals surface area (Å²) in [6, 6.07) is 13.8. The Morgan fingerprint density at radius 1 is 1.06 bits per heavy atom. The molecule has 0 atom stereocenters. The van der Waals surface area contributed by atoms with Gasteiger partial charge in [0.15, 0.2) is 4.34 Å². The van der Waals surface area contributed by atoms with Crippen molar-refractivity contribution in [3.8, 4) is 0 Å². The summed E-state index contributed by atoms with van der Waals surface area (Å²) < 4.78 is 1.86. The quantitative estimate of drug-likeness (QED) is 0.400. The van der Waals surface area contributed by atoms with Gasteiger partial charge in [0.2, 0.25) is 5.91 Å². The van der Waals surface area contributed by atoms with E-state index in [4.69, 9.17) is 0 Å². The van der Waals surface area contributed by atoms with Crippen molar-refractivity contribution in [1.82, 2.24) is 10.3 Å². The van der Waals surface area contributed by atoms with E-state index in [9.17, 15) is 9.59 Å². The molecule has 0 bridgehead atoms. The van der Waals surface area contributed by atoms with E-state index in [0.717, 1.165) is 33.1 Å². The van der Waals surface area contributed by atoms with Gasteiger partial charge in [-0.15, -0.1) is 11.3 Å². The van der Waals surface area contributed by atoms with Gasteiger partial charge in [-0.1, -0.05) is 63.9 Å². The van der Waals surface area contributed by atoms with Gasteiger partial charge in [0.1, 0.15) is 0 Å². The lowest BCUT2D eigenvalue weighted by Crippen LogP contribution is -2.37. The zero-order valence-electron chi connectivity index (χ0n) is 19.4. The summed E-state index contributed by atoms with van der Waals surface area (Å²) in [7, 11) is 0. The molecular weight excluding hydrogens is 450 g/mol. The van der Waals surface area contributed by atoms with Crippen LogP contribution in [0.2, 0.25) is 0 Å². The SMILES string of the molecule is CC(C)(C)c1ccc(C(=O)Nc2ccc3nc(SCC(=O)NC4CCCCC4)sc3c2)cc1. The van der Waals surface area contributed by atoms with Crippen molar-refractivity contribution in [2.45, 2.75) is 68.7 Å². The van der Waals surface area contributed by atoms with Gasteiger partial charge in [-0.3, -0.25) is 9.59 Å². The number of fused-ring (bicyclic) bond motifs is 1. The minimum Gasteiger partial charge on any atom is -0.353 e. The first-order valence-electron chi connectivity index (χ1n) is 11.5. The molecule has 2 amide bonds. The number of aromatic nitrogens is 1. The maximum absolute atomic E-state index is 12.7. The molecule has 2 N–H and O–H groups in total. The lowest BCUT2D eigenvalue weighted by molar-refractivity contribution is -0.119. The van der Waals surface area contributed by atoms with Gasteiger partial charge in [0.05, 0.1) is 16.0 Å². The van der Waals surface area contributed by atoms with Gasteiger partial charge >= 0.3 is 0 Å². The molecule has 1 aliphatic rings. The fraction of sp³-hybridized carbons (Fsp3) is 0.423. The number of nitrogens with one attached hydrogen (secondary N) is 2. The van der Waals surface area contributed by atoms with E-state index < -0.39 is 0 Å². The van der Waals surface area contributed by atoms with Crippen molar-refractivity contribution >= 4 is 50.8 Å². The van der Waals surface area contributed by atoms with Crippen LogP contribution in [-0.4, -0.2) is 28.6 Å². The predicted molar refractivity (Wildman–Crippen MR) is 138 cm³/mol. The molecule has 7 heteroatoms. The van der Waals surface area contributed by atoms with E-state index in [2.05, 4.69) is 36.4 Å². The van der Waals surface area contributed by atoms with E-state index in [1.807, 2.05) is 42.5 Å². The van der Waals surface area contributed by atoms with Crippen LogP contribution in [0.15, 0.2) is 46.8 Å². The van der Waals surface area contributed by atoms with Crippen LogP contribution in [0.5, 0.6) is 0 Å². The van der Waals surface area contributed by atoms with Crippen molar-refractivity contribution < 1.29 is 9.59 Å². The number of benzene rings is 2. The van der Waals surface area contributed by atoms with E-state index >= 15 is 0 Å². The summed E-state index contributed by atoms with van der Waals surface area (Å²) in [4.78, 5) is 29.6. The third-order valence-electron chi connectivity index (χ3n) is 5.94. The van der Waals surface area contributed by atoms with Crippen molar-refractivity contribution in [3.05, 3.63) is 53.6 Å². The molecule has 4 rings (SSSR count). The number of rotatable bonds is 6. The Kier molecular flexibility index (Phi) is 7.39. The molecule has 3 aromatic rings. The zero-order valence-corrected chi connectivity index (χ0v) is 21.1. The molecule has 0 unspecified atom stereocenters. The Hall–Kier alpha value is -2.38. The second-order valence-corrected chi connectivity index (χ2v) is 11.9. The molecule has 2 aromatic carbocycles. The average molecular weight is 482 g/mol. The molecule has 1 aliphatic carbocycles. The molecule has 1 heterocycles. The van der Waals surface area contributed by atoms with Crippen LogP contribution in [0.3, 0.4) is 0 Å². The lowest BCUT2D eigenvalue weighted by Gasteiger charge is -2.22. The van der Waals surface area contributed by atoms with Crippen molar-refractivity contribution in [1.29, 1.82) is 0 Å². The Bertz CT molecular complexity index is 1130. The van der Waals surface area contributed by atoms with Gasteiger partial charge in [0, 0.05) is 17.3 Å². The highest BCUT2D eigenvalue weighted by atomic mass is 32.2. The highest BCUT2D eigenvalue weighted by molar-refractivity contribution is 8.01. The summed E-state index contributed by atoms with van der Waals surface area (Å²) in [6.07, 6.45) is 5.87. The molecule has 1 fully saturated rings. The van der Waals surface area contributed by atoms with Crippen LogP contribution in [-0.2, 0) is 10.2 Å². The molecule has 5 nitrogen and oxygen atoms in total. The number of carbonyl (C=O) groups is 2. The molecule has 33 heavy (non-hydrogen) atoms. The number of hydrogen-bond acceptors (Lipinski definition) is 5. The molecular formula is C26H31N3O2S2. The van der Waals surface area contributed by atoms with Gasteiger partial charge in [-0.25, -0.2) is 4.98 Å². The van der Waals surface area contributed by atoms with Crippen molar-refractivity contribution in [2.75, 3.05) is 11.1 Å².